The fraction of sp³-hybridized carbons (Fsp3) is 0.118. The lowest BCUT2D eigenvalue weighted by Gasteiger charge is -2.10. The molecule has 0 atom stereocenters. The van der Waals surface area contributed by atoms with Gasteiger partial charge in [-0.05, 0) is 41.8 Å². The highest BCUT2D eigenvalue weighted by molar-refractivity contribution is 5.92. The minimum absolute atomic E-state index is 0.105. The van der Waals surface area contributed by atoms with Crippen molar-refractivity contribution in [2.24, 2.45) is 0 Å². The number of carbonyl (C=O) groups is 1. The monoisotopic (exact) mass is 334 g/mol. The van der Waals surface area contributed by atoms with Crippen LogP contribution in [0.3, 0.4) is 0 Å². The van der Waals surface area contributed by atoms with Crippen LogP contribution in [0, 0.1) is 0 Å². The molecule has 24 heavy (non-hydrogen) atoms. The number of fused-ring (bicyclic) bond motifs is 1. The summed E-state index contributed by atoms with van der Waals surface area (Å²) in [5.41, 5.74) is 1.33. The quantitative estimate of drug-likeness (QED) is 0.778. The molecule has 0 aliphatic rings. The topological polar surface area (TPSA) is 43.3 Å². The van der Waals surface area contributed by atoms with Crippen molar-refractivity contribution < 1.29 is 22.7 Å². The Labute approximate surface area is 135 Å². The van der Waals surface area contributed by atoms with Crippen molar-refractivity contribution in [3.8, 4) is 5.75 Å². The zero-order valence-electron chi connectivity index (χ0n) is 12.4. The van der Waals surface area contributed by atoms with E-state index >= 15 is 0 Å². The van der Waals surface area contributed by atoms with Gasteiger partial charge in [-0.1, -0.05) is 18.2 Å². The zero-order valence-corrected chi connectivity index (χ0v) is 12.4. The van der Waals surface area contributed by atoms with E-state index in [1.54, 1.807) is 4.57 Å². The lowest BCUT2D eigenvalue weighted by Crippen LogP contribution is -2.18. The highest BCUT2D eigenvalue weighted by Gasteiger charge is 2.30. The Morgan fingerprint density at radius 3 is 2.46 bits per heavy atom. The minimum Gasteiger partial charge on any atom is -0.406 e. The summed E-state index contributed by atoms with van der Waals surface area (Å²) < 4.78 is 41.9. The van der Waals surface area contributed by atoms with Crippen molar-refractivity contribution in [1.29, 1.82) is 0 Å². The number of aromatic nitrogens is 1. The number of hydrogen-bond acceptors (Lipinski definition) is 2. The normalized spacial score (nSPS) is 11.5. The van der Waals surface area contributed by atoms with Gasteiger partial charge in [0.05, 0.1) is 0 Å². The van der Waals surface area contributed by atoms with E-state index in [1.165, 1.54) is 12.1 Å². The number of nitrogens with one attached hydrogen (secondary N) is 1. The number of amides is 1. The highest BCUT2D eigenvalue weighted by Crippen LogP contribution is 2.24. The van der Waals surface area contributed by atoms with Gasteiger partial charge in [0.1, 0.15) is 12.3 Å². The van der Waals surface area contributed by atoms with Gasteiger partial charge < -0.3 is 14.6 Å². The molecular formula is C17H13F3N2O2. The van der Waals surface area contributed by atoms with Gasteiger partial charge in [0.25, 0.3) is 0 Å². The van der Waals surface area contributed by atoms with E-state index in [0.717, 1.165) is 23.0 Å². The Hall–Kier alpha value is -2.96. The number of nitrogens with zero attached hydrogens (tertiary/aromatic N) is 1. The van der Waals surface area contributed by atoms with Crippen LogP contribution in [-0.4, -0.2) is 16.8 Å². The molecular weight excluding hydrogens is 321 g/mol. The van der Waals surface area contributed by atoms with Crippen LogP contribution in [0.15, 0.2) is 60.8 Å². The first-order valence-corrected chi connectivity index (χ1v) is 7.10. The van der Waals surface area contributed by atoms with Crippen LogP contribution in [-0.2, 0) is 11.3 Å². The largest absolute Gasteiger partial charge is 0.573 e. The predicted molar refractivity (Wildman–Crippen MR) is 83.7 cm³/mol. The van der Waals surface area contributed by atoms with E-state index in [2.05, 4.69) is 10.1 Å². The number of carbonyl (C=O) groups excluding carboxylic acids is 1. The van der Waals surface area contributed by atoms with Crippen molar-refractivity contribution >= 4 is 22.5 Å². The summed E-state index contributed by atoms with van der Waals surface area (Å²) in [5, 5.41) is 3.67. The molecule has 7 heteroatoms. The molecule has 1 N–H and O–H groups in total. The van der Waals surface area contributed by atoms with Crippen LogP contribution in [0.4, 0.5) is 18.9 Å². The van der Waals surface area contributed by atoms with Crippen molar-refractivity contribution in [2.45, 2.75) is 12.9 Å². The van der Waals surface area contributed by atoms with E-state index in [-0.39, 0.29) is 18.2 Å². The molecule has 0 aliphatic carbocycles. The van der Waals surface area contributed by atoms with Gasteiger partial charge in [-0.2, -0.15) is 0 Å². The smallest absolute Gasteiger partial charge is 0.406 e. The van der Waals surface area contributed by atoms with Gasteiger partial charge in [-0.25, -0.2) is 0 Å². The molecule has 0 aliphatic heterocycles. The third kappa shape index (κ3) is 3.87. The second-order valence-corrected chi connectivity index (χ2v) is 5.12. The van der Waals surface area contributed by atoms with Gasteiger partial charge in [0.2, 0.25) is 5.91 Å². The first-order chi connectivity index (χ1) is 11.4. The SMILES string of the molecule is O=C(Cn1ccc2ccccc21)Nc1ccc(OC(F)(F)F)cc1. The molecule has 1 amide bonds. The number of halogens is 3. The van der Waals surface area contributed by atoms with E-state index in [1.807, 2.05) is 36.5 Å². The summed E-state index contributed by atoms with van der Waals surface area (Å²) in [6.45, 7) is 0.105. The van der Waals surface area contributed by atoms with Crippen molar-refractivity contribution in [3.63, 3.8) is 0 Å². The van der Waals surface area contributed by atoms with E-state index in [0.29, 0.717) is 5.69 Å². The molecule has 0 unspecified atom stereocenters. The first kappa shape index (κ1) is 15.9. The Morgan fingerprint density at radius 1 is 1.04 bits per heavy atom. The number of para-hydroxylation sites is 1. The molecule has 0 bridgehead atoms. The van der Waals surface area contributed by atoms with Crippen molar-refractivity contribution in [1.82, 2.24) is 4.57 Å². The summed E-state index contributed by atoms with van der Waals surface area (Å²) >= 11 is 0. The Bertz CT molecular complexity index is 854. The second-order valence-electron chi connectivity index (χ2n) is 5.12. The average molecular weight is 334 g/mol. The molecule has 3 aromatic rings. The van der Waals surface area contributed by atoms with Gasteiger partial charge in [0.15, 0.2) is 0 Å². The van der Waals surface area contributed by atoms with Crippen molar-refractivity contribution in [3.05, 3.63) is 60.8 Å². The standard InChI is InChI=1S/C17H13F3N2O2/c18-17(19,20)24-14-7-5-13(6-8-14)21-16(23)11-22-10-9-12-3-1-2-4-15(12)22/h1-10H,11H2,(H,21,23). The third-order valence-electron chi connectivity index (χ3n) is 3.37. The number of hydrogen-bond donors (Lipinski definition) is 1. The average Bonchev–Trinajstić information content (AvgIpc) is 2.91. The Morgan fingerprint density at radius 2 is 1.75 bits per heavy atom. The highest BCUT2D eigenvalue weighted by atomic mass is 19.4. The molecule has 1 aromatic heterocycles. The summed E-state index contributed by atoms with van der Waals surface area (Å²) in [6, 6.07) is 14.6. The number of benzene rings is 2. The Balaban J connectivity index is 1.64. The maximum Gasteiger partial charge on any atom is 0.573 e. The van der Waals surface area contributed by atoms with Gasteiger partial charge in [-0.15, -0.1) is 13.2 Å². The fourth-order valence-electron chi connectivity index (χ4n) is 2.37. The summed E-state index contributed by atoms with van der Waals surface area (Å²) in [4.78, 5) is 12.1. The molecule has 0 radical (unpaired) electrons. The summed E-state index contributed by atoms with van der Waals surface area (Å²) in [7, 11) is 0. The van der Waals surface area contributed by atoms with Crippen LogP contribution in [0.5, 0.6) is 5.75 Å². The lowest BCUT2D eigenvalue weighted by atomic mass is 10.2. The van der Waals surface area contributed by atoms with Crippen LogP contribution >= 0.6 is 0 Å². The lowest BCUT2D eigenvalue weighted by molar-refractivity contribution is -0.274. The number of alkyl halides is 3. The van der Waals surface area contributed by atoms with Crippen LogP contribution in [0.25, 0.3) is 10.9 Å². The second kappa shape index (κ2) is 6.27. The van der Waals surface area contributed by atoms with Gasteiger partial charge in [0, 0.05) is 17.4 Å². The summed E-state index contributed by atoms with van der Waals surface area (Å²) in [5.74, 6) is -0.613. The van der Waals surface area contributed by atoms with Crippen LogP contribution in [0.1, 0.15) is 0 Å². The molecule has 124 valence electrons. The zero-order chi connectivity index (χ0) is 17.2. The molecule has 3 rings (SSSR count). The molecule has 2 aromatic carbocycles. The van der Waals surface area contributed by atoms with Crippen LogP contribution in [0.2, 0.25) is 0 Å². The van der Waals surface area contributed by atoms with Gasteiger partial charge >= 0.3 is 6.36 Å². The maximum atomic E-state index is 12.1. The number of anilines is 1. The summed E-state index contributed by atoms with van der Waals surface area (Å²) in [6.07, 6.45) is -2.93. The predicted octanol–water partition coefficient (Wildman–Crippen LogP) is 4.18. The molecule has 4 nitrogen and oxygen atoms in total. The fourth-order valence-corrected chi connectivity index (χ4v) is 2.37. The van der Waals surface area contributed by atoms with Crippen LogP contribution < -0.4 is 10.1 Å². The Kier molecular flexibility index (Phi) is 4.16. The van der Waals surface area contributed by atoms with Crippen molar-refractivity contribution in [2.75, 3.05) is 5.32 Å². The van der Waals surface area contributed by atoms with E-state index < -0.39 is 6.36 Å². The number of rotatable bonds is 4. The molecule has 0 spiro atoms. The van der Waals surface area contributed by atoms with Gasteiger partial charge in [-0.3, -0.25) is 4.79 Å². The van der Waals surface area contributed by atoms with E-state index in [4.69, 9.17) is 0 Å². The van der Waals surface area contributed by atoms with E-state index in [9.17, 15) is 18.0 Å². The third-order valence-corrected chi connectivity index (χ3v) is 3.37. The molecule has 1 heterocycles. The minimum atomic E-state index is -4.74. The molecule has 0 saturated carbocycles. The maximum absolute atomic E-state index is 12.1. The first-order valence-electron chi connectivity index (χ1n) is 7.10. The molecule has 0 saturated heterocycles. The number of ether oxygens (including phenoxy) is 1. The molecule has 0 fully saturated rings.